The summed E-state index contributed by atoms with van der Waals surface area (Å²) in [5.41, 5.74) is 0. The third kappa shape index (κ3) is 6.56. The Morgan fingerprint density at radius 1 is 1.25 bits per heavy atom. The minimum Gasteiger partial charge on any atom is -0.318 e. The van der Waals surface area contributed by atoms with Crippen LogP contribution in [0.25, 0.3) is 0 Å². The third-order valence-corrected chi connectivity index (χ3v) is 9.86. The van der Waals surface area contributed by atoms with E-state index in [-0.39, 0.29) is 6.54 Å². The van der Waals surface area contributed by atoms with E-state index in [1.807, 2.05) is 0 Å². The Hall–Kier alpha value is 1.05. The summed E-state index contributed by atoms with van der Waals surface area (Å²) >= 11 is 16.4. The van der Waals surface area contributed by atoms with Crippen LogP contribution in [-0.2, 0) is 0 Å². The molecule has 0 fully saturated rings. The molecule has 0 spiro atoms. The zero-order chi connectivity index (χ0) is 9.99. The smallest absolute Gasteiger partial charge is 0.318 e. The van der Waals surface area contributed by atoms with Crippen LogP contribution in [0.2, 0.25) is 0 Å². The first-order valence-electron chi connectivity index (χ1n) is 2.97. The van der Waals surface area contributed by atoms with Gasteiger partial charge in [-0.1, -0.05) is 0 Å². The van der Waals surface area contributed by atoms with Gasteiger partial charge in [-0.3, -0.25) is 0 Å². The topological polar surface area (TPSA) is 3.24 Å². The number of alkyl halides is 3. The molecule has 0 aliphatic rings. The lowest BCUT2D eigenvalue weighted by atomic mass is 10.4. The highest BCUT2D eigenvalue weighted by atomic mass is 35.8. The molecule has 1 nitrogen and oxygen atoms in total. The summed E-state index contributed by atoms with van der Waals surface area (Å²) in [4.78, 5) is 0. The van der Waals surface area contributed by atoms with Gasteiger partial charge in [0, 0.05) is 0 Å². The van der Waals surface area contributed by atoms with Crippen molar-refractivity contribution >= 4 is 49.8 Å². The maximum absolute atomic E-state index is 11.7. The highest BCUT2D eigenvalue weighted by molar-refractivity contribution is 7.64. The van der Waals surface area contributed by atoms with Crippen molar-refractivity contribution in [1.29, 1.82) is 0 Å². The molecular weight excluding hydrogens is 270 g/mol. The summed E-state index contributed by atoms with van der Waals surface area (Å²) in [5, 5.41) is 0. The summed E-state index contributed by atoms with van der Waals surface area (Å²) in [7, 11) is 0.341. The Morgan fingerprint density at radius 2 is 1.67 bits per heavy atom. The molecule has 9 heteroatoms. The quantitative estimate of drug-likeness (QED) is 0.560. The Morgan fingerprint density at radius 3 is 1.92 bits per heavy atom. The maximum atomic E-state index is 11.7. The molecule has 0 atom stereocenters. The number of nitrogens with zero attached hydrogens (tertiary/aromatic N) is 1. The molecule has 0 amide bonds. The van der Waals surface area contributed by atoms with E-state index >= 15 is 0 Å². The molecule has 0 saturated heterocycles. The van der Waals surface area contributed by atoms with E-state index in [0.29, 0.717) is 10.4 Å². The molecular formula is C3H7Cl3F3NSi2. The van der Waals surface area contributed by atoms with Crippen molar-refractivity contribution in [1.82, 2.24) is 4.23 Å². The molecule has 0 rings (SSSR count). The third-order valence-electron chi connectivity index (χ3n) is 1.16. The van der Waals surface area contributed by atoms with E-state index in [9.17, 15) is 13.2 Å². The van der Waals surface area contributed by atoms with Gasteiger partial charge < -0.3 is 4.23 Å². The Balaban J connectivity index is 3.80. The van der Waals surface area contributed by atoms with Crippen LogP contribution >= 0.6 is 33.2 Å². The van der Waals surface area contributed by atoms with Crippen LogP contribution < -0.4 is 0 Å². The van der Waals surface area contributed by atoms with Crippen molar-refractivity contribution in [3.05, 3.63) is 0 Å². The first-order valence-corrected chi connectivity index (χ1v) is 8.85. The van der Waals surface area contributed by atoms with Crippen LogP contribution in [0.3, 0.4) is 0 Å². The first kappa shape index (κ1) is 13.1. The largest absolute Gasteiger partial charge is 0.417 e. The average molecular weight is 277 g/mol. The summed E-state index contributed by atoms with van der Waals surface area (Å²) in [6.07, 6.45) is -8.14. The first-order chi connectivity index (χ1) is 5.13. The average Bonchev–Trinajstić information content (AvgIpc) is 1.78. The molecule has 0 bridgehead atoms. The highest BCUT2D eigenvalue weighted by Gasteiger charge is 2.34. The summed E-state index contributed by atoms with van der Waals surface area (Å²) < 4.78 is 36.3. The number of hydrogen-bond acceptors (Lipinski definition) is 1. The van der Waals surface area contributed by atoms with Gasteiger partial charge in [-0.25, -0.2) is 0 Å². The van der Waals surface area contributed by atoms with Gasteiger partial charge in [0.25, 0.3) is 0 Å². The minimum absolute atomic E-state index is 0.210. The van der Waals surface area contributed by atoms with E-state index in [1.54, 1.807) is 0 Å². The molecule has 74 valence electrons. The molecule has 0 saturated carbocycles. The number of rotatable bonds is 3. The van der Waals surface area contributed by atoms with Crippen LogP contribution in [0.4, 0.5) is 13.2 Å². The molecule has 0 radical (unpaired) electrons. The van der Waals surface area contributed by atoms with Crippen LogP contribution in [-0.4, -0.2) is 33.5 Å². The molecule has 0 heterocycles. The van der Waals surface area contributed by atoms with Gasteiger partial charge in [-0.2, -0.15) is 13.2 Å². The van der Waals surface area contributed by atoms with E-state index in [4.69, 9.17) is 33.2 Å². The van der Waals surface area contributed by atoms with E-state index in [0.717, 1.165) is 0 Å². The normalized spacial score (nSPS) is 14.2. The van der Waals surface area contributed by atoms with Gasteiger partial charge in [0.2, 0.25) is 0 Å². The van der Waals surface area contributed by atoms with E-state index in [2.05, 4.69) is 0 Å². The molecule has 0 unspecified atom stereocenters. The van der Waals surface area contributed by atoms with Gasteiger partial charge >= 0.3 is 12.3 Å². The predicted octanol–water partition coefficient (Wildman–Crippen LogP) is 1.67. The van der Waals surface area contributed by atoms with Crippen molar-refractivity contribution in [2.24, 2.45) is 0 Å². The molecule has 0 N–H and O–H groups in total. The fourth-order valence-electron chi connectivity index (χ4n) is 0.421. The van der Waals surface area contributed by atoms with Crippen molar-refractivity contribution < 1.29 is 13.2 Å². The fourth-order valence-corrected chi connectivity index (χ4v) is 1.77. The van der Waals surface area contributed by atoms with Gasteiger partial charge in [-0.05, 0) is 6.54 Å². The molecule has 0 aliphatic carbocycles. The second kappa shape index (κ2) is 4.52. The molecule has 0 aliphatic heterocycles. The molecule has 0 aromatic carbocycles. The molecule has 12 heavy (non-hydrogen) atoms. The van der Waals surface area contributed by atoms with Crippen molar-refractivity contribution in [3.8, 4) is 0 Å². The van der Waals surface area contributed by atoms with Gasteiger partial charge in [0.1, 0.15) is 0 Å². The number of halogens is 6. The SMILES string of the molecule is FC(F)(F)CCN([SiH3])[Si](Cl)(Cl)Cl. The predicted molar refractivity (Wildman–Crippen MR) is 50.6 cm³/mol. The Labute approximate surface area is 86.5 Å². The van der Waals surface area contributed by atoms with Crippen LogP contribution in [0.1, 0.15) is 6.42 Å². The lowest BCUT2D eigenvalue weighted by Crippen LogP contribution is -2.40. The van der Waals surface area contributed by atoms with Crippen molar-refractivity contribution in [2.45, 2.75) is 12.6 Å². The van der Waals surface area contributed by atoms with E-state index < -0.39 is 18.8 Å². The Bertz CT molecular complexity index is 147. The summed E-state index contributed by atoms with van der Waals surface area (Å²) in [5.74, 6) is 0. The zero-order valence-electron chi connectivity index (χ0n) is 6.13. The highest BCUT2D eigenvalue weighted by Crippen LogP contribution is 2.26. The molecule has 0 aromatic heterocycles. The lowest BCUT2D eigenvalue weighted by Gasteiger charge is -2.23. The van der Waals surface area contributed by atoms with E-state index in [1.165, 1.54) is 4.23 Å². The maximum Gasteiger partial charge on any atom is 0.417 e. The summed E-state index contributed by atoms with van der Waals surface area (Å²) in [6, 6.07) is 0. The van der Waals surface area contributed by atoms with Crippen molar-refractivity contribution in [3.63, 3.8) is 0 Å². The second-order valence-electron chi connectivity index (χ2n) is 2.25. The molecule has 0 aromatic rings. The minimum atomic E-state index is -4.17. The lowest BCUT2D eigenvalue weighted by molar-refractivity contribution is -0.134. The van der Waals surface area contributed by atoms with Gasteiger partial charge in [0.15, 0.2) is 0 Å². The van der Waals surface area contributed by atoms with Gasteiger partial charge in [0.05, 0.1) is 16.8 Å². The Kier molecular flexibility index (Phi) is 4.92. The van der Waals surface area contributed by atoms with Crippen molar-refractivity contribution in [2.75, 3.05) is 6.54 Å². The van der Waals surface area contributed by atoms with Crippen LogP contribution in [0.5, 0.6) is 0 Å². The van der Waals surface area contributed by atoms with Gasteiger partial charge in [-0.15, -0.1) is 33.2 Å². The monoisotopic (exact) mass is 275 g/mol. The van der Waals surface area contributed by atoms with Crippen LogP contribution in [0, 0.1) is 0 Å². The fraction of sp³-hybridized carbons (Fsp3) is 1.00. The second-order valence-corrected chi connectivity index (χ2v) is 12.6. The number of hydrogen-bond donors (Lipinski definition) is 0. The standard InChI is InChI=1S/C3H7Cl3F3NSi2/c4-12(5,6)10(11)2-1-3(7,8)9/h1-2H2,11H3. The zero-order valence-corrected chi connectivity index (χ0v) is 11.4. The summed E-state index contributed by atoms with van der Waals surface area (Å²) in [6.45, 7) is -0.210. The van der Waals surface area contributed by atoms with Crippen LogP contribution in [0.15, 0.2) is 0 Å².